The molecule has 0 atom stereocenters. The van der Waals surface area contributed by atoms with Crippen LogP contribution in [-0.4, -0.2) is 23.5 Å². The van der Waals surface area contributed by atoms with Gasteiger partial charge in [0.2, 0.25) is 0 Å². The molecular weight excluding hydrogens is 234 g/mol. The third kappa shape index (κ3) is 4.86. The lowest BCUT2D eigenvalue weighted by molar-refractivity contribution is -0.305. The smallest absolute Gasteiger partial charge is 0.255 e. The van der Waals surface area contributed by atoms with Crippen molar-refractivity contribution in [2.75, 3.05) is 6.54 Å². The molecule has 1 aromatic carbocycles. The van der Waals surface area contributed by atoms with Gasteiger partial charge in [0.15, 0.2) is 0 Å². The first-order chi connectivity index (χ1) is 8.61. The summed E-state index contributed by atoms with van der Waals surface area (Å²) in [7, 11) is 0. The van der Waals surface area contributed by atoms with E-state index in [9.17, 15) is 19.8 Å². The van der Waals surface area contributed by atoms with E-state index in [1.165, 1.54) is 6.07 Å². The highest BCUT2D eigenvalue weighted by Crippen LogP contribution is 2.14. The number of carbonyl (C=O) groups excluding carboxylic acids is 2. The molecule has 5 nitrogen and oxygen atoms in total. The van der Waals surface area contributed by atoms with Crippen LogP contribution in [0.25, 0.3) is 0 Å². The second kappa shape index (κ2) is 7.32. The van der Waals surface area contributed by atoms with Crippen LogP contribution in [0, 0.1) is 0 Å². The van der Waals surface area contributed by atoms with Crippen LogP contribution in [0.1, 0.15) is 36.0 Å². The molecule has 18 heavy (non-hydrogen) atoms. The Bertz CT molecular complexity index is 417. The Kier molecular flexibility index (Phi) is 5.70. The molecule has 0 aliphatic heterocycles. The van der Waals surface area contributed by atoms with Crippen LogP contribution in [-0.2, 0) is 4.79 Å². The second-order valence-electron chi connectivity index (χ2n) is 3.96. The first kappa shape index (κ1) is 14.0. The molecule has 0 unspecified atom stereocenters. The van der Waals surface area contributed by atoms with Crippen molar-refractivity contribution in [2.24, 2.45) is 0 Å². The summed E-state index contributed by atoms with van der Waals surface area (Å²) in [5, 5.41) is 22.3. The minimum atomic E-state index is -1.05. The van der Waals surface area contributed by atoms with E-state index in [1.54, 1.807) is 18.2 Å². The lowest BCUT2D eigenvalue weighted by Crippen LogP contribution is -2.24. The van der Waals surface area contributed by atoms with Crippen LogP contribution >= 0.6 is 0 Å². The molecule has 0 saturated heterocycles. The molecule has 0 aromatic heterocycles. The van der Waals surface area contributed by atoms with Gasteiger partial charge in [0.1, 0.15) is 5.75 Å². The number of aromatic hydroxyl groups is 1. The van der Waals surface area contributed by atoms with E-state index >= 15 is 0 Å². The number of carboxylic acids is 1. The maximum absolute atomic E-state index is 11.6. The van der Waals surface area contributed by atoms with Gasteiger partial charge in [0.05, 0.1) is 5.56 Å². The number of para-hydroxylation sites is 1. The van der Waals surface area contributed by atoms with E-state index in [-0.39, 0.29) is 23.6 Å². The number of rotatable bonds is 7. The molecule has 0 bridgehead atoms. The summed E-state index contributed by atoms with van der Waals surface area (Å²) < 4.78 is 0. The summed E-state index contributed by atoms with van der Waals surface area (Å²) in [6.45, 7) is 0.459. The minimum absolute atomic E-state index is 0.0490. The zero-order valence-corrected chi connectivity index (χ0v) is 10.0. The SMILES string of the molecule is O=C([O-])CCCCCNC(=O)c1ccccc1O. The zero-order chi connectivity index (χ0) is 13.4. The molecule has 1 amide bonds. The number of carboxylic acid groups (broad SMARTS) is 1. The van der Waals surface area contributed by atoms with Crippen molar-refractivity contribution in [1.82, 2.24) is 5.32 Å². The third-order valence-corrected chi connectivity index (χ3v) is 2.49. The van der Waals surface area contributed by atoms with Crippen molar-refractivity contribution >= 4 is 11.9 Å². The molecule has 0 saturated carbocycles. The zero-order valence-electron chi connectivity index (χ0n) is 10.0. The van der Waals surface area contributed by atoms with Gasteiger partial charge in [-0.1, -0.05) is 18.6 Å². The number of benzene rings is 1. The fourth-order valence-corrected chi connectivity index (χ4v) is 1.53. The number of hydrogen-bond acceptors (Lipinski definition) is 4. The summed E-state index contributed by atoms with van der Waals surface area (Å²) in [4.78, 5) is 21.8. The maximum Gasteiger partial charge on any atom is 0.255 e. The Balaban J connectivity index is 2.22. The fourth-order valence-electron chi connectivity index (χ4n) is 1.53. The fraction of sp³-hybridized carbons (Fsp3) is 0.385. The molecule has 1 rings (SSSR count). The van der Waals surface area contributed by atoms with E-state index in [0.29, 0.717) is 19.4 Å². The number of nitrogens with one attached hydrogen (secondary N) is 1. The van der Waals surface area contributed by atoms with Crippen LogP contribution in [0.3, 0.4) is 0 Å². The van der Waals surface area contributed by atoms with Gasteiger partial charge < -0.3 is 20.3 Å². The molecule has 1 aromatic rings. The van der Waals surface area contributed by atoms with Gasteiger partial charge >= 0.3 is 0 Å². The number of hydrogen-bond donors (Lipinski definition) is 2. The molecule has 5 heteroatoms. The molecule has 0 heterocycles. The second-order valence-corrected chi connectivity index (χ2v) is 3.96. The highest BCUT2D eigenvalue weighted by Gasteiger charge is 2.08. The molecule has 0 aliphatic rings. The average molecular weight is 250 g/mol. The van der Waals surface area contributed by atoms with Crippen LogP contribution in [0.4, 0.5) is 0 Å². The largest absolute Gasteiger partial charge is 0.550 e. The molecule has 98 valence electrons. The van der Waals surface area contributed by atoms with Gasteiger partial charge in [-0.05, 0) is 31.4 Å². The van der Waals surface area contributed by atoms with Crippen LogP contribution in [0.5, 0.6) is 5.75 Å². The highest BCUT2D eigenvalue weighted by atomic mass is 16.4. The van der Waals surface area contributed by atoms with E-state index in [0.717, 1.165) is 6.42 Å². The molecular formula is C13H16NO4-. The minimum Gasteiger partial charge on any atom is -0.550 e. The predicted octanol–water partition coefficient (Wildman–Crippen LogP) is 0.432. The summed E-state index contributed by atoms with van der Waals surface area (Å²) in [6, 6.07) is 6.32. The average Bonchev–Trinajstić information content (AvgIpc) is 2.33. The lowest BCUT2D eigenvalue weighted by Gasteiger charge is -2.06. The lowest BCUT2D eigenvalue weighted by atomic mass is 10.1. The third-order valence-electron chi connectivity index (χ3n) is 2.49. The summed E-state index contributed by atoms with van der Waals surface area (Å²) in [6.07, 6.45) is 2.02. The molecule has 0 radical (unpaired) electrons. The van der Waals surface area contributed by atoms with Gasteiger partial charge in [0, 0.05) is 12.5 Å². The van der Waals surface area contributed by atoms with E-state index in [4.69, 9.17) is 0 Å². The first-order valence-corrected chi connectivity index (χ1v) is 5.87. The van der Waals surface area contributed by atoms with Gasteiger partial charge in [-0.3, -0.25) is 4.79 Å². The Hall–Kier alpha value is -2.04. The maximum atomic E-state index is 11.6. The van der Waals surface area contributed by atoms with Crippen molar-refractivity contribution < 1.29 is 19.8 Å². The molecule has 2 N–H and O–H groups in total. The summed E-state index contributed by atoms with van der Waals surface area (Å²) >= 11 is 0. The van der Waals surface area contributed by atoms with Gasteiger partial charge in [-0.15, -0.1) is 0 Å². The predicted molar refractivity (Wildman–Crippen MR) is 63.9 cm³/mol. The number of phenolic OH excluding ortho intramolecular Hbond substituents is 1. The normalized spacial score (nSPS) is 10.0. The first-order valence-electron chi connectivity index (χ1n) is 5.87. The van der Waals surface area contributed by atoms with Crippen molar-refractivity contribution in [1.29, 1.82) is 0 Å². The van der Waals surface area contributed by atoms with E-state index in [2.05, 4.69) is 5.32 Å². The number of phenols is 1. The number of unbranched alkanes of at least 4 members (excludes halogenated alkanes) is 2. The van der Waals surface area contributed by atoms with E-state index < -0.39 is 5.97 Å². The van der Waals surface area contributed by atoms with Crippen molar-refractivity contribution in [2.45, 2.75) is 25.7 Å². The van der Waals surface area contributed by atoms with Gasteiger partial charge in [-0.25, -0.2) is 0 Å². The Morgan fingerprint density at radius 3 is 2.56 bits per heavy atom. The molecule has 0 spiro atoms. The number of carbonyl (C=O) groups is 2. The monoisotopic (exact) mass is 250 g/mol. The van der Waals surface area contributed by atoms with Crippen LogP contribution in [0.2, 0.25) is 0 Å². The van der Waals surface area contributed by atoms with Crippen molar-refractivity contribution in [3.63, 3.8) is 0 Å². The van der Waals surface area contributed by atoms with E-state index in [1.807, 2.05) is 0 Å². The standard InChI is InChI=1S/C13H17NO4/c15-11-7-4-3-6-10(11)13(18)14-9-5-1-2-8-12(16)17/h3-4,6-7,15H,1-2,5,8-9H2,(H,14,18)(H,16,17)/p-1. The van der Waals surface area contributed by atoms with Gasteiger partial charge in [0.25, 0.3) is 5.91 Å². The Morgan fingerprint density at radius 1 is 1.17 bits per heavy atom. The quantitative estimate of drug-likeness (QED) is 0.687. The highest BCUT2D eigenvalue weighted by molar-refractivity contribution is 5.96. The van der Waals surface area contributed by atoms with Crippen LogP contribution in [0.15, 0.2) is 24.3 Å². The van der Waals surface area contributed by atoms with Crippen molar-refractivity contribution in [3.05, 3.63) is 29.8 Å². The Morgan fingerprint density at radius 2 is 1.89 bits per heavy atom. The molecule has 0 fully saturated rings. The van der Waals surface area contributed by atoms with Gasteiger partial charge in [-0.2, -0.15) is 0 Å². The Labute approximate surface area is 105 Å². The topological polar surface area (TPSA) is 89.5 Å². The summed E-state index contributed by atoms with van der Waals surface area (Å²) in [5.74, 6) is -1.42. The molecule has 0 aliphatic carbocycles. The number of amides is 1. The number of aliphatic carboxylic acids is 1. The summed E-state index contributed by atoms with van der Waals surface area (Å²) in [5.41, 5.74) is 0.243. The van der Waals surface area contributed by atoms with Crippen molar-refractivity contribution in [3.8, 4) is 5.75 Å². The van der Waals surface area contributed by atoms with Crippen LogP contribution < -0.4 is 10.4 Å².